The highest BCUT2D eigenvalue weighted by molar-refractivity contribution is 6.62. The lowest BCUT2D eigenvalue weighted by Crippen LogP contribution is -2.47. The minimum atomic E-state index is -1.29. The molecule has 3 aliphatic rings. The molecule has 40 heavy (non-hydrogen) atoms. The quantitative estimate of drug-likeness (QED) is 0.310. The molecule has 210 valence electrons. The summed E-state index contributed by atoms with van der Waals surface area (Å²) in [7, 11) is -0.960. The number of hydrogen-bond donors (Lipinski definition) is 2. The highest BCUT2D eigenvalue weighted by atomic mass is 19.1. The normalized spacial score (nSPS) is 19.3. The number of anilines is 1. The molecule has 0 radical (unpaired) electrons. The first-order valence-corrected chi connectivity index (χ1v) is 14.0. The number of ether oxygens (including phenoxy) is 1. The maximum atomic E-state index is 15.2. The minimum Gasteiger partial charge on any atom is -0.494 e. The van der Waals surface area contributed by atoms with E-state index in [1.54, 1.807) is 6.07 Å². The zero-order valence-electron chi connectivity index (χ0n) is 22.5. The standard InChI is InChI=1S/C29H33BFN3O6/c1-2-25-19-5-3-6-26(27(19)30(38)40-25)39-14-4-9-32-10-12-33(13-11-32)24-16-23-20(15-22(24)31)28(35)21(29(36)37)17-34(23)18-7-8-18/h3,5-6,15-18,25,38H,2,4,7-14H2,1H3,(H,36,37). The number of fused-ring (bicyclic) bond motifs is 2. The fourth-order valence-electron chi connectivity index (χ4n) is 5.94. The molecule has 0 spiro atoms. The highest BCUT2D eigenvalue weighted by Crippen LogP contribution is 2.38. The Bertz CT molecular complexity index is 1500. The molecule has 2 fully saturated rings. The van der Waals surface area contributed by atoms with Gasteiger partial charge in [0.25, 0.3) is 0 Å². The molecule has 3 heterocycles. The van der Waals surface area contributed by atoms with E-state index in [1.165, 1.54) is 12.3 Å². The van der Waals surface area contributed by atoms with E-state index >= 15 is 4.39 Å². The van der Waals surface area contributed by atoms with Gasteiger partial charge in [-0.1, -0.05) is 19.1 Å². The Kier molecular flexibility index (Phi) is 7.28. The lowest BCUT2D eigenvalue weighted by atomic mass is 9.78. The first kappa shape index (κ1) is 26.8. The predicted molar refractivity (Wildman–Crippen MR) is 150 cm³/mol. The molecule has 2 aliphatic heterocycles. The average molecular weight is 549 g/mol. The Morgan fingerprint density at radius 1 is 1.20 bits per heavy atom. The number of pyridine rings is 1. The fourth-order valence-corrected chi connectivity index (χ4v) is 5.94. The SMILES string of the molecule is CCC1OB(O)c2c(OCCCN3CCN(c4cc5c(cc4F)c(=O)c(C(=O)O)cn5C4CC4)CC3)cccc21. The third kappa shape index (κ3) is 4.97. The van der Waals surface area contributed by atoms with Crippen LogP contribution in [0.5, 0.6) is 5.75 Å². The summed E-state index contributed by atoms with van der Waals surface area (Å²) in [5.41, 5.74) is 1.77. The molecule has 1 aliphatic carbocycles. The molecule has 3 aromatic rings. The fraction of sp³-hybridized carbons (Fsp3) is 0.448. The van der Waals surface area contributed by atoms with Gasteiger partial charge >= 0.3 is 13.1 Å². The van der Waals surface area contributed by atoms with Crippen LogP contribution in [0.15, 0.2) is 41.3 Å². The zero-order valence-corrected chi connectivity index (χ0v) is 22.5. The summed E-state index contributed by atoms with van der Waals surface area (Å²) in [6.07, 6.45) is 4.71. The molecule has 1 saturated heterocycles. The topological polar surface area (TPSA) is 104 Å². The molecule has 6 rings (SSSR count). The maximum absolute atomic E-state index is 15.2. The number of carboxylic acids is 1. The van der Waals surface area contributed by atoms with Crippen molar-refractivity contribution in [2.24, 2.45) is 0 Å². The van der Waals surface area contributed by atoms with Gasteiger partial charge in [0.2, 0.25) is 5.43 Å². The molecule has 2 aromatic carbocycles. The Hall–Kier alpha value is -3.41. The maximum Gasteiger partial charge on any atom is 0.495 e. The summed E-state index contributed by atoms with van der Waals surface area (Å²) >= 11 is 0. The highest BCUT2D eigenvalue weighted by Gasteiger charge is 2.37. The molecule has 1 saturated carbocycles. The lowest BCUT2D eigenvalue weighted by Gasteiger charge is -2.36. The summed E-state index contributed by atoms with van der Waals surface area (Å²) in [5.74, 6) is -1.14. The molecule has 0 bridgehead atoms. The van der Waals surface area contributed by atoms with E-state index < -0.39 is 24.3 Å². The number of hydrogen-bond acceptors (Lipinski definition) is 7. The van der Waals surface area contributed by atoms with Crippen molar-refractivity contribution in [3.05, 3.63) is 63.7 Å². The summed E-state index contributed by atoms with van der Waals surface area (Å²) in [6, 6.07) is 8.82. The molecular formula is C29H33BFN3O6. The van der Waals surface area contributed by atoms with Gasteiger partial charge in [-0.2, -0.15) is 0 Å². The van der Waals surface area contributed by atoms with Crippen molar-refractivity contribution in [2.75, 3.05) is 44.2 Å². The van der Waals surface area contributed by atoms with Crippen LogP contribution >= 0.6 is 0 Å². The van der Waals surface area contributed by atoms with Crippen molar-refractivity contribution >= 4 is 35.1 Å². The van der Waals surface area contributed by atoms with Crippen LogP contribution in [0.3, 0.4) is 0 Å². The molecule has 1 unspecified atom stereocenters. The summed E-state index contributed by atoms with van der Waals surface area (Å²) in [4.78, 5) is 28.7. The van der Waals surface area contributed by atoms with Crippen LogP contribution in [0.1, 0.15) is 60.7 Å². The van der Waals surface area contributed by atoms with Gasteiger partial charge in [-0.3, -0.25) is 9.69 Å². The van der Waals surface area contributed by atoms with E-state index in [0.29, 0.717) is 36.6 Å². The van der Waals surface area contributed by atoms with Gasteiger partial charge in [-0.15, -0.1) is 0 Å². The van der Waals surface area contributed by atoms with Gasteiger partial charge in [-0.25, -0.2) is 9.18 Å². The van der Waals surface area contributed by atoms with Gasteiger partial charge in [0.1, 0.15) is 17.1 Å². The smallest absolute Gasteiger partial charge is 0.494 e. The Labute approximate surface area is 231 Å². The van der Waals surface area contributed by atoms with Crippen molar-refractivity contribution < 1.29 is 28.7 Å². The van der Waals surface area contributed by atoms with Crippen molar-refractivity contribution in [1.82, 2.24) is 9.47 Å². The number of rotatable bonds is 9. The Morgan fingerprint density at radius 2 is 1.98 bits per heavy atom. The van der Waals surface area contributed by atoms with E-state index in [9.17, 15) is 19.7 Å². The van der Waals surface area contributed by atoms with Gasteiger partial charge in [0.05, 0.1) is 23.9 Å². The van der Waals surface area contributed by atoms with E-state index in [2.05, 4.69) is 4.90 Å². The number of aromatic carboxylic acids is 1. The number of benzene rings is 2. The van der Waals surface area contributed by atoms with Crippen LogP contribution < -0.4 is 20.5 Å². The molecule has 1 aromatic heterocycles. The minimum absolute atomic E-state index is 0.110. The van der Waals surface area contributed by atoms with Crippen LogP contribution in [0, 0.1) is 5.82 Å². The van der Waals surface area contributed by atoms with Crippen molar-refractivity contribution in [3.8, 4) is 5.75 Å². The number of aromatic nitrogens is 1. The van der Waals surface area contributed by atoms with Crippen LogP contribution in [-0.2, 0) is 4.65 Å². The van der Waals surface area contributed by atoms with Gasteiger partial charge in [-0.05, 0) is 49.4 Å². The van der Waals surface area contributed by atoms with Gasteiger partial charge in [0.15, 0.2) is 0 Å². The third-order valence-electron chi connectivity index (χ3n) is 8.22. The van der Waals surface area contributed by atoms with Crippen molar-refractivity contribution in [3.63, 3.8) is 0 Å². The van der Waals surface area contributed by atoms with Gasteiger partial charge < -0.3 is 29.0 Å². The first-order chi connectivity index (χ1) is 19.4. The molecule has 0 amide bonds. The summed E-state index contributed by atoms with van der Waals surface area (Å²) in [6.45, 7) is 6.16. The number of carboxylic acid groups (broad SMARTS) is 1. The second-order valence-electron chi connectivity index (χ2n) is 10.8. The van der Waals surface area contributed by atoms with Crippen molar-refractivity contribution in [1.29, 1.82) is 0 Å². The average Bonchev–Trinajstić information content (AvgIpc) is 3.74. The number of piperazine rings is 1. The summed E-state index contributed by atoms with van der Waals surface area (Å²) < 4.78 is 28.7. The number of halogens is 1. The summed E-state index contributed by atoms with van der Waals surface area (Å²) in [5, 5.41) is 19.9. The Morgan fingerprint density at radius 3 is 2.67 bits per heavy atom. The second kappa shape index (κ2) is 10.9. The van der Waals surface area contributed by atoms with E-state index in [0.717, 1.165) is 56.3 Å². The zero-order chi connectivity index (χ0) is 28.0. The largest absolute Gasteiger partial charge is 0.495 e. The third-order valence-corrected chi connectivity index (χ3v) is 8.22. The van der Waals surface area contributed by atoms with Crippen molar-refractivity contribution in [2.45, 2.75) is 44.8 Å². The molecule has 9 nitrogen and oxygen atoms in total. The Balaban J connectivity index is 1.08. The molecule has 1 atom stereocenters. The molecular weight excluding hydrogens is 516 g/mol. The monoisotopic (exact) mass is 549 g/mol. The van der Waals surface area contributed by atoms with Crippen LogP contribution in [0.25, 0.3) is 10.9 Å². The van der Waals surface area contributed by atoms with E-state index in [4.69, 9.17) is 9.39 Å². The predicted octanol–water partition coefficient (Wildman–Crippen LogP) is 2.93. The van der Waals surface area contributed by atoms with Crippen LogP contribution in [0.2, 0.25) is 0 Å². The molecule has 2 N–H and O–H groups in total. The van der Waals surface area contributed by atoms with Crippen LogP contribution in [-0.4, -0.2) is 72.0 Å². The van der Waals surface area contributed by atoms with Crippen LogP contribution in [0.4, 0.5) is 10.1 Å². The lowest BCUT2D eigenvalue weighted by molar-refractivity contribution is 0.0694. The van der Waals surface area contributed by atoms with E-state index in [1.807, 2.05) is 34.6 Å². The van der Waals surface area contributed by atoms with Gasteiger partial charge in [0, 0.05) is 55.8 Å². The number of carbonyl (C=O) groups is 1. The number of nitrogens with zero attached hydrogens (tertiary/aromatic N) is 3. The second-order valence-corrected chi connectivity index (χ2v) is 10.8. The first-order valence-electron chi connectivity index (χ1n) is 14.0. The van der Waals surface area contributed by atoms with E-state index in [-0.39, 0.29) is 23.1 Å². The molecule has 11 heteroatoms.